The average Bonchev–Trinajstić information content (AvgIpc) is 2.98. The van der Waals surface area contributed by atoms with Gasteiger partial charge < -0.3 is 5.32 Å². The molecule has 1 fully saturated rings. The molecule has 86 valence electrons. The van der Waals surface area contributed by atoms with Crippen LogP contribution in [0.2, 0.25) is 0 Å². The van der Waals surface area contributed by atoms with Crippen molar-refractivity contribution in [3.05, 3.63) is 0 Å². The Morgan fingerprint density at radius 2 is 2.20 bits per heavy atom. The first-order chi connectivity index (χ1) is 7.10. The Balaban J connectivity index is 2.55. The minimum Gasteiger partial charge on any atom is -0.319 e. The normalized spacial score (nSPS) is 16.6. The van der Waals surface area contributed by atoms with Crippen molar-refractivity contribution in [3.63, 3.8) is 0 Å². The van der Waals surface area contributed by atoms with Crippen molar-refractivity contribution < 1.29 is 8.42 Å². The topological polar surface area (TPSA) is 49.4 Å². The van der Waals surface area contributed by atoms with Gasteiger partial charge in [0.15, 0.2) is 0 Å². The summed E-state index contributed by atoms with van der Waals surface area (Å²) in [6, 6.07) is 0. The number of sulfonamides is 1. The van der Waals surface area contributed by atoms with Gasteiger partial charge in [0.05, 0.1) is 12.3 Å². The number of terminal acetylenes is 1. The van der Waals surface area contributed by atoms with E-state index in [1.807, 2.05) is 0 Å². The largest absolute Gasteiger partial charge is 0.319 e. The zero-order valence-corrected chi connectivity index (χ0v) is 9.89. The highest BCUT2D eigenvalue weighted by Gasteiger charge is 2.29. The van der Waals surface area contributed by atoms with Gasteiger partial charge >= 0.3 is 0 Å². The lowest BCUT2D eigenvalue weighted by atomic mass is 10.4. The first-order valence-electron chi connectivity index (χ1n) is 5.16. The monoisotopic (exact) mass is 230 g/mol. The molecule has 0 amide bonds. The van der Waals surface area contributed by atoms with Crippen molar-refractivity contribution in [3.8, 4) is 12.3 Å². The van der Waals surface area contributed by atoms with Crippen LogP contribution in [0.15, 0.2) is 0 Å². The summed E-state index contributed by atoms with van der Waals surface area (Å²) in [6.45, 7) is 1.26. The molecule has 0 radical (unpaired) electrons. The van der Waals surface area contributed by atoms with Gasteiger partial charge in [0, 0.05) is 13.1 Å². The molecule has 0 spiro atoms. The third-order valence-electron chi connectivity index (χ3n) is 2.43. The lowest BCUT2D eigenvalue weighted by Gasteiger charge is -2.19. The Morgan fingerprint density at radius 1 is 1.53 bits per heavy atom. The summed E-state index contributed by atoms with van der Waals surface area (Å²) in [6.07, 6.45) is 7.43. The van der Waals surface area contributed by atoms with E-state index in [1.165, 1.54) is 4.31 Å². The molecule has 0 atom stereocenters. The van der Waals surface area contributed by atoms with Crippen LogP contribution in [0.4, 0.5) is 0 Å². The fraction of sp³-hybridized carbons (Fsp3) is 0.800. The lowest BCUT2D eigenvalue weighted by Crippen LogP contribution is -2.37. The molecule has 0 bridgehead atoms. The Labute approximate surface area is 92.1 Å². The zero-order valence-electron chi connectivity index (χ0n) is 9.07. The van der Waals surface area contributed by atoms with Crippen molar-refractivity contribution in [1.82, 2.24) is 9.62 Å². The van der Waals surface area contributed by atoms with Gasteiger partial charge in [-0.05, 0) is 25.8 Å². The summed E-state index contributed by atoms with van der Waals surface area (Å²) >= 11 is 0. The molecule has 0 heterocycles. The quantitative estimate of drug-likeness (QED) is 0.620. The molecule has 1 aliphatic carbocycles. The lowest BCUT2D eigenvalue weighted by molar-refractivity contribution is 0.429. The van der Waals surface area contributed by atoms with Crippen LogP contribution in [0.5, 0.6) is 0 Å². The molecular weight excluding hydrogens is 212 g/mol. The van der Waals surface area contributed by atoms with E-state index < -0.39 is 10.0 Å². The van der Waals surface area contributed by atoms with Crippen LogP contribution in [-0.4, -0.2) is 45.2 Å². The first kappa shape index (κ1) is 12.5. The highest BCUT2D eigenvalue weighted by atomic mass is 32.2. The van der Waals surface area contributed by atoms with Crippen molar-refractivity contribution in [2.75, 3.05) is 32.4 Å². The maximum atomic E-state index is 11.8. The maximum Gasteiger partial charge on any atom is 0.216 e. The second-order valence-electron chi connectivity index (χ2n) is 3.86. The summed E-state index contributed by atoms with van der Waals surface area (Å²) in [5.41, 5.74) is 0. The van der Waals surface area contributed by atoms with Crippen LogP contribution in [0, 0.1) is 18.3 Å². The summed E-state index contributed by atoms with van der Waals surface area (Å²) in [4.78, 5) is 0. The molecule has 0 saturated heterocycles. The zero-order chi connectivity index (χ0) is 11.3. The molecule has 0 aromatic rings. The van der Waals surface area contributed by atoms with Gasteiger partial charge in [0.25, 0.3) is 0 Å². The van der Waals surface area contributed by atoms with Crippen molar-refractivity contribution in [2.24, 2.45) is 5.92 Å². The number of hydrogen-bond acceptors (Lipinski definition) is 3. The van der Waals surface area contributed by atoms with Crippen molar-refractivity contribution in [2.45, 2.75) is 12.8 Å². The molecule has 5 heteroatoms. The molecule has 1 N–H and O–H groups in total. The van der Waals surface area contributed by atoms with Gasteiger partial charge in [-0.25, -0.2) is 8.42 Å². The second kappa shape index (κ2) is 5.50. The number of nitrogens with zero attached hydrogens (tertiary/aromatic N) is 1. The summed E-state index contributed by atoms with van der Waals surface area (Å²) < 4.78 is 25.1. The number of nitrogens with one attached hydrogen (secondary N) is 1. The molecule has 0 unspecified atom stereocenters. The molecule has 0 aromatic heterocycles. The molecule has 0 aromatic carbocycles. The van der Waals surface area contributed by atoms with E-state index in [4.69, 9.17) is 6.42 Å². The van der Waals surface area contributed by atoms with Gasteiger partial charge in [-0.2, -0.15) is 4.31 Å². The van der Waals surface area contributed by atoms with E-state index in [0.29, 0.717) is 19.0 Å². The minimum absolute atomic E-state index is 0.123. The molecule has 4 nitrogen and oxygen atoms in total. The molecule has 0 aliphatic heterocycles. The molecule has 15 heavy (non-hydrogen) atoms. The first-order valence-corrected chi connectivity index (χ1v) is 6.77. The second-order valence-corrected chi connectivity index (χ2v) is 5.95. The van der Waals surface area contributed by atoms with Crippen LogP contribution < -0.4 is 5.32 Å². The van der Waals surface area contributed by atoms with Crippen molar-refractivity contribution >= 4 is 10.0 Å². The fourth-order valence-corrected chi connectivity index (χ4v) is 2.76. The summed E-state index contributed by atoms with van der Waals surface area (Å²) in [5.74, 6) is 3.06. The Morgan fingerprint density at radius 3 is 2.67 bits per heavy atom. The smallest absolute Gasteiger partial charge is 0.216 e. The SMILES string of the molecule is C#CCN(CC1CC1)S(=O)(=O)CCNC. The average molecular weight is 230 g/mol. The fourth-order valence-electron chi connectivity index (χ4n) is 1.33. The third kappa shape index (κ3) is 4.20. The highest BCUT2D eigenvalue weighted by molar-refractivity contribution is 7.89. The van der Waals surface area contributed by atoms with Crippen LogP contribution in [0.3, 0.4) is 0 Å². The molecule has 1 saturated carbocycles. The molecule has 1 rings (SSSR count). The molecule has 1 aliphatic rings. The Bertz CT molecular complexity index is 328. The van der Waals surface area contributed by atoms with Gasteiger partial charge in [-0.3, -0.25) is 0 Å². The van der Waals surface area contributed by atoms with E-state index >= 15 is 0 Å². The highest BCUT2D eigenvalue weighted by Crippen LogP contribution is 2.30. The van der Waals surface area contributed by atoms with Gasteiger partial charge in [-0.1, -0.05) is 5.92 Å². The molecular formula is C10H18N2O2S. The van der Waals surface area contributed by atoms with Crippen LogP contribution in [0.25, 0.3) is 0 Å². The Kier molecular flexibility index (Phi) is 4.58. The van der Waals surface area contributed by atoms with Gasteiger partial charge in [-0.15, -0.1) is 6.42 Å². The van der Waals surface area contributed by atoms with E-state index in [2.05, 4.69) is 11.2 Å². The van der Waals surface area contributed by atoms with E-state index in [1.54, 1.807) is 7.05 Å². The predicted molar refractivity (Wildman–Crippen MR) is 60.8 cm³/mol. The summed E-state index contributed by atoms with van der Waals surface area (Å²) in [7, 11) is -1.44. The van der Waals surface area contributed by atoms with E-state index in [9.17, 15) is 8.42 Å². The minimum atomic E-state index is -3.17. The third-order valence-corrected chi connectivity index (χ3v) is 4.21. The number of rotatable bonds is 7. The summed E-state index contributed by atoms with van der Waals surface area (Å²) in [5, 5.41) is 2.83. The maximum absolute atomic E-state index is 11.8. The van der Waals surface area contributed by atoms with Crippen LogP contribution in [-0.2, 0) is 10.0 Å². The number of hydrogen-bond donors (Lipinski definition) is 1. The standard InChI is InChI=1S/C10H18N2O2S/c1-3-7-12(9-10-4-5-10)15(13,14)8-6-11-2/h1,10-11H,4-9H2,2H3. The van der Waals surface area contributed by atoms with Crippen LogP contribution in [0.1, 0.15) is 12.8 Å². The Hall–Kier alpha value is -0.570. The van der Waals surface area contributed by atoms with Crippen molar-refractivity contribution in [1.29, 1.82) is 0 Å². The van der Waals surface area contributed by atoms with Gasteiger partial charge in [0.2, 0.25) is 10.0 Å². The van der Waals surface area contributed by atoms with E-state index in [0.717, 1.165) is 12.8 Å². The van der Waals surface area contributed by atoms with Crippen LogP contribution >= 0.6 is 0 Å². The van der Waals surface area contributed by atoms with E-state index in [-0.39, 0.29) is 12.3 Å². The predicted octanol–water partition coefficient (Wildman–Crippen LogP) is -0.119. The van der Waals surface area contributed by atoms with Gasteiger partial charge in [0.1, 0.15) is 0 Å².